The predicted molar refractivity (Wildman–Crippen MR) is 114 cm³/mol. The van der Waals surface area contributed by atoms with Crippen LogP contribution in [-0.4, -0.2) is 56.6 Å². The molecule has 0 N–H and O–H groups in total. The topological polar surface area (TPSA) is 66.6 Å². The molecule has 1 amide bonds. The summed E-state index contributed by atoms with van der Waals surface area (Å²) in [4.78, 5) is 27.1. The van der Waals surface area contributed by atoms with Crippen molar-refractivity contribution >= 4 is 17.5 Å². The van der Waals surface area contributed by atoms with Gasteiger partial charge in [-0.15, -0.1) is 0 Å². The minimum absolute atomic E-state index is 0.0997. The minimum atomic E-state index is -0.0997. The molecule has 2 unspecified atom stereocenters. The molecule has 2 atom stereocenters. The highest BCUT2D eigenvalue weighted by Crippen LogP contribution is 2.69. The lowest BCUT2D eigenvalue weighted by atomic mass is 9.40. The highest BCUT2D eigenvalue weighted by Gasteiger charge is 2.63. The van der Waals surface area contributed by atoms with E-state index in [0.29, 0.717) is 22.5 Å². The lowest BCUT2D eigenvalue weighted by Gasteiger charge is -2.65. The number of nitrogens with zero attached hydrogens (tertiary/aromatic N) is 6. The maximum absolute atomic E-state index is 13.9. The smallest absolute Gasteiger partial charge is 0.254 e. The van der Waals surface area contributed by atoms with Gasteiger partial charge in [-0.05, 0) is 62.2 Å². The maximum Gasteiger partial charge on any atom is 0.254 e. The highest BCUT2D eigenvalue weighted by atomic mass is 16.2. The van der Waals surface area contributed by atoms with E-state index in [0.717, 1.165) is 62.9 Å². The van der Waals surface area contributed by atoms with Crippen molar-refractivity contribution in [2.24, 2.45) is 22.2 Å². The molecule has 7 rings (SSSR count). The molecule has 5 aliphatic rings. The number of rotatable bonds is 2. The van der Waals surface area contributed by atoms with E-state index in [1.165, 1.54) is 19.3 Å². The SMILES string of the molecule is Cc1cc(N2CCN(C(=O)C34CC5CC(C)(CC(C)(C5)C3)C4)CC2)n2ncnc2n1. The van der Waals surface area contributed by atoms with Gasteiger partial charge < -0.3 is 9.80 Å². The normalized spacial score (nSPS) is 37.9. The van der Waals surface area contributed by atoms with Crippen molar-refractivity contribution in [2.45, 2.75) is 59.3 Å². The molecular weight excluding hydrogens is 376 g/mol. The Morgan fingerprint density at radius 2 is 1.73 bits per heavy atom. The largest absolute Gasteiger partial charge is 0.353 e. The second-order valence-corrected chi connectivity index (χ2v) is 11.4. The van der Waals surface area contributed by atoms with Gasteiger partial charge in [0.1, 0.15) is 12.1 Å². The molecule has 30 heavy (non-hydrogen) atoms. The van der Waals surface area contributed by atoms with Gasteiger partial charge in [-0.3, -0.25) is 4.79 Å². The molecule has 4 bridgehead atoms. The fourth-order valence-electron chi connectivity index (χ4n) is 8.30. The number of carbonyl (C=O) groups is 1. The molecule has 0 aromatic carbocycles. The molecule has 2 aromatic heterocycles. The zero-order valence-electron chi connectivity index (χ0n) is 18.4. The number of aromatic nitrogens is 4. The van der Waals surface area contributed by atoms with Crippen molar-refractivity contribution in [3.63, 3.8) is 0 Å². The first-order chi connectivity index (χ1) is 14.3. The molecule has 160 valence electrons. The van der Waals surface area contributed by atoms with Crippen LogP contribution in [0, 0.1) is 29.1 Å². The Hall–Kier alpha value is -2.18. The van der Waals surface area contributed by atoms with Crippen molar-refractivity contribution < 1.29 is 4.79 Å². The van der Waals surface area contributed by atoms with Crippen molar-refractivity contribution in [1.29, 1.82) is 0 Å². The molecule has 0 radical (unpaired) electrons. The number of aryl methyl sites for hydroxylation is 1. The third-order valence-corrected chi connectivity index (χ3v) is 8.33. The molecule has 4 aliphatic carbocycles. The van der Waals surface area contributed by atoms with Crippen LogP contribution in [0.3, 0.4) is 0 Å². The standard InChI is InChI=1S/C23H32N6O/c1-16-8-18(29-20(26-16)24-15-25-29)27-4-6-28(7-5-27)19(30)23-11-17-9-21(2,13-23)12-22(3,10-17)14-23/h8,15,17H,4-7,9-14H2,1-3H3. The second kappa shape index (κ2) is 5.95. The van der Waals surface area contributed by atoms with Gasteiger partial charge >= 0.3 is 0 Å². The number of piperazine rings is 1. The summed E-state index contributed by atoms with van der Waals surface area (Å²) >= 11 is 0. The van der Waals surface area contributed by atoms with Crippen molar-refractivity contribution in [1.82, 2.24) is 24.5 Å². The molecule has 7 nitrogen and oxygen atoms in total. The third-order valence-electron chi connectivity index (χ3n) is 8.33. The lowest BCUT2D eigenvalue weighted by Crippen LogP contribution is -2.62. The molecule has 1 saturated heterocycles. The van der Waals surface area contributed by atoms with Gasteiger partial charge in [0.05, 0.1) is 5.41 Å². The Kier molecular flexibility index (Phi) is 3.68. The summed E-state index contributed by atoms with van der Waals surface area (Å²) in [5.41, 5.74) is 1.59. The number of hydrogen-bond donors (Lipinski definition) is 0. The number of carbonyl (C=O) groups excluding carboxylic acids is 1. The van der Waals surface area contributed by atoms with Crippen LogP contribution in [0.25, 0.3) is 5.78 Å². The number of hydrogen-bond acceptors (Lipinski definition) is 5. The summed E-state index contributed by atoms with van der Waals surface area (Å²) in [5, 5.41) is 4.35. The molecule has 5 fully saturated rings. The average molecular weight is 409 g/mol. The first-order valence-corrected chi connectivity index (χ1v) is 11.5. The van der Waals surface area contributed by atoms with Gasteiger partial charge in [0.2, 0.25) is 5.91 Å². The molecule has 4 saturated carbocycles. The zero-order valence-corrected chi connectivity index (χ0v) is 18.4. The van der Waals surface area contributed by atoms with Crippen LogP contribution in [0.5, 0.6) is 0 Å². The molecular formula is C23H32N6O. The van der Waals surface area contributed by atoms with Gasteiger partial charge in [-0.2, -0.15) is 14.6 Å². The summed E-state index contributed by atoms with van der Waals surface area (Å²) < 4.78 is 1.81. The number of fused-ring (bicyclic) bond motifs is 1. The van der Waals surface area contributed by atoms with Crippen LogP contribution in [-0.2, 0) is 4.79 Å². The van der Waals surface area contributed by atoms with E-state index in [2.05, 4.69) is 44.8 Å². The Labute approximate surface area is 177 Å². The summed E-state index contributed by atoms with van der Waals surface area (Å²) in [5.74, 6) is 2.86. The second-order valence-electron chi connectivity index (χ2n) is 11.4. The molecule has 1 aliphatic heterocycles. The van der Waals surface area contributed by atoms with Crippen LogP contribution in [0.2, 0.25) is 0 Å². The first-order valence-electron chi connectivity index (χ1n) is 11.5. The van der Waals surface area contributed by atoms with Gasteiger partial charge in [0.25, 0.3) is 5.78 Å². The summed E-state index contributed by atoms with van der Waals surface area (Å²) in [6, 6.07) is 2.07. The Balaban J connectivity index is 1.22. The summed E-state index contributed by atoms with van der Waals surface area (Å²) in [6.45, 7) is 10.1. The minimum Gasteiger partial charge on any atom is -0.353 e. The van der Waals surface area contributed by atoms with Gasteiger partial charge in [-0.1, -0.05) is 13.8 Å². The average Bonchev–Trinajstić information content (AvgIpc) is 3.12. The van der Waals surface area contributed by atoms with E-state index in [1.54, 1.807) is 6.33 Å². The van der Waals surface area contributed by atoms with Crippen LogP contribution >= 0.6 is 0 Å². The fraction of sp³-hybridized carbons (Fsp3) is 0.739. The first kappa shape index (κ1) is 18.6. The van der Waals surface area contributed by atoms with E-state index in [-0.39, 0.29) is 5.41 Å². The van der Waals surface area contributed by atoms with Crippen LogP contribution < -0.4 is 4.90 Å². The summed E-state index contributed by atoms with van der Waals surface area (Å²) in [6.07, 6.45) is 8.87. The van der Waals surface area contributed by atoms with Gasteiger partial charge in [0.15, 0.2) is 0 Å². The highest BCUT2D eigenvalue weighted by molar-refractivity contribution is 5.84. The van der Waals surface area contributed by atoms with Crippen molar-refractivity contribution in [3.05, 3.63) is 18.1 Å². The van der Waals surface area contributed by atoms with E-state index in [4.69, 9.17) is 0 Å². The van der Waals surface area contributed by atoms with Crippen LogP contribution in [0.1, 0.15) is 58.1 Å². The van der Waals surface area contributed by atoms with E-state index in [1.807, 2.05) is 11.4 Å². The van der Waals surface area contributed by atoms with E-state index < -0.39 is 0 Å². The van der Waals surface area contributed by atoms with Crippen LogP contribution in [0.15, 0.2) is 12.4 Å². The van der Waals surface area contributed by atoms with Gasteiger partial charge in [-0.25, -0.2) is 4.98 Å². The number of amides is 1. The van der Waals surface area contributed by atoms with Crippen molar-refractivity contribution in [2.75, 3.05) is 31.1 Å². The third kappa shape index (κ3) is 2.70. The van der Waals surface area contributed by atoms with Crippen molar-refractivity contribution in [3.8, 4) is 0 Å². The Bertz CT molecular complexity index is 1000. The Morgan fingerprint density at radius 3 is 2.40 bits per heavy atom. The summed E-state index contributed by atoms with van der Waals surface area (Å²) in [7, 11) is 0. The lowest BCUT2D eigenvalue weighted by molar-refractivity contribution is -0.179. The monoisotopic (exact) mass is 408 g/mol. The van der Waals surface area contributed by atoms with Crippen LogP contribution in [0.4, 0.5) is 5.82 Å². The molecule has 2 aromatic rings. The molecule has 0 spiro atoms. The number of anilines is 1. The maximum atomic E-state index is 13.9. The van der Waals surface area contributed by atoms with E-state index in [9.17, 15) is 4.79 Å². The molecule has 3 heterocycles. The Morgan fingerprint density at radius 1 is 1.03 bits per heavy atom. The molecule has 7 heteroatoms. The predicted octanol–water partition coefficient (Wildman–Crippen LogP) is 3.08. The van der Waals surface area contributed by atoms with Gasteiger partial charge in [0, 0.05) is 37.9 Å². The zero-order chi connectivity index (χ0) is 20.7. The quantitative estimate of drug-likeness (QED) is 0.764. The fourth-order valence-corrected chi connectivity index (χ4v) is 8.30. The van der Waals surface area contributed by atoms with E-state index >= 15 is 0 Å².